The van der Waals surface area contributed by atoms with Gasteiger partial charge in [0.1, 0.15) is 11.1 Å². The highest BCUT2D eigenvalue weighted by Crippen LogP contribution is 2.39. The highest BCUT2D eigenvalue weighted by atomic mass is 32.1. The minimum atomic E-state index is 0.0552. The normalized spacial score (nSPS) is 16.9. The van der Waals surface area contributed by atoms with Crippen molar-refractivity contribution in [3.8, 4) is 6.07 Å². The van der Waals surface area contributed by atoms with Crippen LogP contribution in [0.4, 0.5) is 5.00 Å². The van der Waals surface area contributed by atoms with Crippen molar-refractivity contribution >= 4 is 22.2 Å². The summed E-state index contributed by atoms with van der Waals surface area (Å²) < 4.78 is 0. The van der Waals surface area contributed by atoms with Gasteiger partial charge >= 0.3 is 0 Å². The van der Waals surface area contributed by atoms with Crippen molar-refractivity contribution in [3.63, 3.8) is 0 Å². The van der Waals surface area contributed by atoms with Crippen molar-refractivity contribution in [2.45, 2.75) is 71.6 Å². The van der Waals surface area contributed by atoms with Crippen LogP contribution >= 0.6 is 11.3 Å². The van der Waals surface area contributed by atoms with Gasteiger partial charge in [0.05, 0.1) is 5.56 Å². The molecule has 0 radical (unpaired) electrons. The van der Waals surface area contributed by atoms with E-state index in [-0.39, 0.29) is 5.91 Å². The van der Waals surface area contributed by atoms with Gasteiger partial charge in [0.25, 0.3) is 0 Å². The summed E-state index contributed by atoms with van der Waals surface area (Å²) in [7, 11) is 0. The number of thiophene rings is 1. The zero-order chi connectivity index (χ0) is 15.9. The Hall–Kier alpha value is -1.34. The number of nitrogens with zero attached hydrogens (tertiary/aromatic N) is 1. The molecule has 0 aromatic carbocycles. The topological polar surface area (TPSA) is 52.9 Å². The van der Waals surface area contributed by atoms with Gasteiger partial charge in [-0.1, -0.05) is 39.5 Å². The third-order valence-electron chi connectivity index (χ3n) is 4.38. The van der Waals surface area contributed by atoms with E-state index in [9.17, 15) is 10.1 Å². The molecule has 1 amide bonds. The lowest BCUT2D eigenvalue weighted by Gasteiger charge is -2.17. The Bertz CT molecular complexity index is 556. The van der Waals surface area contributed by atoms with Crippen molar-refractivity contribution in [1.29, 1.82) is 5.26 Å². The van der Waals surface area contributed by atoms with Crippen LogP contribution in [0.15, 0.2) is 0 Å². The lowest BCUT2D eigenvalue weighted by Crippen LogP contribution is -2.11. The van der Waals surface area contributed by atoms with Crippen LogP contribution in [-0.2, 0) is 17.6 Å². The molecule has 0 fully saturated rings. The van der Waals surface area contributed by atoms with Crippen LogP contribution in [0.25, 0.3) is 0 Å². The van der Waals surface area contributed by atoms with Gasteiger partial charge in [0, 0.05) is 11.3 Å². The van der Waals surface area contributed by atoms with Gasteiger partial charge < -0.3 is 5.32 Å². The molecule has 0 spiro atoms. The second kappa shape index (κ2) is 8.33. The van der Waals surface area contributed by atoms with E-state index in [1.165, 1.54) is 29.7 Å². The Labute approximate surface area is 137 Å². The number of carbonyl (C=O) groups is 1. The second-order valence-corrected chi connectivity index (χ2v) is 7.49. The molecule has 0 aliphatic heterocycles. The molecular weight excluding hydrogens is 292 g/mol. The molecule has 0 saturated heterocycles. The zero-order valence-electron chi connectivity index (χ0n) is 13.7. The smallest absolute Gasteiger partial charge is 0.225 e. The summed E-state index contributed by atoms with van der Waals surface area (Å²) in [6.45, 7) is 4.44. The van der Waals surface area contributed by atoms with Gasteiger partial charge in [-0.05, 0) is 37.2 Å². The Kier molecular flexibility index (Phi) is 6.45. The number of unbranched alkanes of at least 4 members (excludes halogenated alkanes) is 4. The molecule has 1 N–H and O–H groups in total. The average Bonchev–Trinajstić information content (AvgIpc) is 2.82. The van der Waals surface area contributed by atoms with Crippen molar-refractivity contribution < 1.29 is 4.79 Å². The van der Waals surface area contributed by atoms with E-state index in [1.54, 1.807) is 11.3 Å². The number of hydrogen-bond donors (Lipinski definition) is 1. The second-order valence-electron chi connectivity index (χ2n) is 6.38. The number of hydrogen-bond acceptors (Lipinski definition) is 3. The lowest BCUT2D eigenvalue weighted by molar-refractivity contribution is -0.116. The highest BCUT2D eigenvalue weighted by Gasteiger charge is 2.24. The molecule has 1 heterocycles. The van der Waals surface area contributed by atoms with Gasteiger partial charge in [-0.3, -0.25) is 4.79 Å². The standard InChI is InChI=1S/C18H26N2OS/c1-3-4-5-6-7-8-17(21)20-18-15(12-19)14-10-9-13(2)11-16(14)22-18/h13H,3-11H2,1-2H3,(H,20,21). The third kappa shape index (κ3) is 4.33. The number of fused-ring (bicyclic) bond motifs is 1. The average molecular weight is 318 g/mol. The highest BCUT2D eigenvalue weighted by molar-refractivity contribution is 7.16. The molecule has 0 saturated carbocycles. The molecule has 0 bridgehead atoms. The predicted molar refractivity (Wildman–Crippen MR) is 92.2 cm³/mol. The predicted octanol–water partition coefficient (Wildman–Crippen LogP) is 5.04. The van der Waals surface area contributed by atoms with Crippen LogP contribution < -0.4 is 5.32 Å². The zero-order valence-corrected chi connectivity index (χ0v) is 14.5. The monoisotopic (exact) mass is 318 g/mol. The van der Waals surface area contributed by atoms with E-state index < -0.39 is 0 Å². The van der Waals surface area contributed by atoms with Gasteiger partial charge in [-0.15, -0.1) is 11.3 Å². The summed E-state index contributed by atoms with van der Waals surface area (Å²) in [4.78, 5) is 13.4. The van der Waals surface area contributed by atoms with E-state index in [4.69, 9.17) is 0 Å². The molecule has 3 nitrogen and oxygen atoms in total. The molecular formula is C18H26N2OS. The van der Waals surface area contributed by atoms with Crippen molar-refractivity contribution in [2.24, 2.45) is 5.92 Å². The molecule has 2 rings (SSSR count). The number of nitrogens with one attached hydrogen (secondary N) is 1. The fourth-order valence-corrected chi connectivity index (χ4v) is 4.41. The first-order valence-corrected chi connectivity index (χ1v) is 9.31. The maximum Gasteiger partial charge on any atom is 0.225 e. The van der Waals surface area contributed by atoms with Crippen LogP contribution in [0.3, 0.4) is 0 Å². The first-order chi connectivity index (χ1) is 10.7. The summed E-state index contributed by atoms with van der Waals surface area (Å²) in [6, 6.07) is 2.30. The molecule has 4 heteroatoms. The first kappa shape index (κ1) is 17.0. The van der Waals surface area contributed by atoms with E-state index >= 15 is 0 Å². The Morgan fingerprint density at radius 3 is 2.86 bits per heavy atom. The Morgan fingerprint density at radius 2 is 2.14 bits per heavy atom. The SMILES string of the molecule is CCCCCCCC(=O)Nc1sc2c(c1C#N)CCC(C)C2. The van der Waals surface area contributed by atoms with Crippen molar-refractivity contribution in [2.75, 3.05) is 5.32 Å². The minimum Gasteiger partial charge on any atom is -0.317 e. The van der Waals surface area contributed by atoms with Gasteiger partial charge in [-0.25, -0.2) is 0 Å². The summed E-state index contributed by atoms with van der Waals surface area (Å²) in [5, 5.41) is 13.2. The molecule has 22 heavy (non-hydrogen) atoms. The van der Waals surface area contributed by atoms with Crippen LogP contribution in [0.1, 0.15) is 74.8 Å². The maximum absolute atomic E-state index is 12.1. The molecule has 1 unspecified atom stereocenters. The van der Waals surface area contributed by atoms with E-state index in [0.717, 1.165) is 37.1 Å². The molecule has 120 valence electrons. The van der Waals surface area contributed by atoms with Gasteiger partial charge in [0.2, 0.25) is 5.91 Å². The van der Waals surface area contributed by atoms with E-state index in [2.05, 4.69) is 25.2 Å². The molecule has 1 aliphatic rings. The minimum absolute atomic E-state index is 0.0552. The van der Waals surface area contributed by atoms with Crippen LogP contribution in [0.5, 0.6) is 0 Å². The van der Waals surface area contributed by atoms with E-state index in [1.807, 2.05) is 0 Å². The van der Waals surface area contributed by atoms with Crippen LogP contribution in [0, 0.1) is 17.2 Å². The Balaban J connectivity index is 1.92. The summed E-state index contributed by atoms with van der Waals surface area (Å²) in [6.07, 6.45) is 9.45. The molecule has 1 aromatic rings. The summed E-state index contributed by atoms with van der Waals surface area (Å²) in [5.74, 6) is 0.736. The molecule has 1 atom stereocenters. The van der Waals surface area contributed by atoms with Crippen LogP contribution in [0.2, 0.25) is 0 Å². The van der Waals surface area contributed by atoms with Crippen molar-refractivity contribution in [3.05, 3.63) is 16.0 Å². The molecule has 1 aromatic heterocycles. The third-order valence-corrected chi connectivity index (χ3v) is 5.55. The fourth-order valence-electron chi connectivity index (χ4n) is 3.04. The summed E-state index contributed by atoms with van der Waals surface area (Å²) in [5.41, 5.74) is 1.90. The number of rotatable bonds is 7. The lowest BCUT2D eigenvalue weighted by atomic mass is 9.88. The van der Waals surface area contributed by atoms with Gasteiger partial charge in [-0.2, -0.15) is 5.26 Å². The number of nitriles is 1. The number of carbonyl (C=O) groups excluding carboxylic acids is 1. The number of anilines is 1. The van der Waals surface area contributed by atoms with Crippen molar-refractivity contribution in [1.82, 2.24) is 0 Å². The summed E-state index contributed by atoms with van der Waals surface area (Å²) >= 11 is 1.61. The van der Waals surface area contributed by atoms with Gasteiger partial charge in [0.15, 0.2) is 0 Å². The quantitative estimate of drug-likeness (QED) is 0.716. The largest absolute Gasteiger partial charge is 0.317 e. The Morgan fingerprint density at radius 1 is 1.36 bits per heavy atom. The van der Waals surface area contributed by atoms with Crippen LogP contribution in [-0.4, -0.2) is 5.91 Å². The first-order valence-electron chi connectivity index (χ1n) is 8.50. The fraction of sp³-hybridized carbons (Fsp3) is 0.667. The van der Waals surface area contributed by atoms with E-state index in [0.29, 0.717) is 17.9 Å². The molecule has 1 aliphatic carbocycles. The maximum atomic E-state index is 12.1. The number of amides is 1.